The summed E-state index contributed by atoms with van der Waals surface area (Å²) in [5.41, 5.74) is 6.37. The van der Waals surface area contributed by atoms with Gasteiger partial charge in [-0.2, -0.15) is 0 Å². The fourth-order valence-electron chi connectivity index (χ4n) is 2.46. The zero-order valence-corrected chi connectivity index (χ0v) is 15.6. The number of ether oxygens (including phenoxy) is 2. The molecule has 8 nitrogen and oxygen atoms in total. The highest BCUT2D eigenvalue weighted by Gasteiger charge is 2.14. The van der Waals surface area contributed by atoms with Crippen LogP contribution in [0, 0.1) is 0 Å². The molecule has 1 aromatic heterocycles. The predicted octanol–water partition coefficient (Wildman–Crippen LogP) is 2.50. The van der Waals surface area contributed by atoms with Gasteiger partial charge in [0, 0.05) is 5.56 Å². The van der Waals surface area contributed by atoms with Crippen molar-refractivity contribution in [1.82, 2.24) is 20.8 Å². The van der Waals surface area contributed by atoms with E-state index >= 15 is 0 Å². The van der Waals surface area contributed by atoms with Gasteiger partial charge in [0.15, 0.2) is 11.5 Å². The number of hydrogen-bond acceptors (Lipinski definition) is 6. The molecule has 0 bridgehead atoms. The van der Waals surface area contributed by atoms with Gasteiger partial charge >= 0.3 is 0 Å². The highest BCUT2D eigenvalue weighted by Crippen LogP contribution is 2.28. The third kappa shape index (κ3) is 4.35. The molecule has 0 saturated heterocycles. The molecular weight excluding hydrogens is 360 g/mol. The summed E-state index contributed by atoms with van der Waals surface area (Å²) in [6.07, 6.45) is 2.21. The van der Waals surface area contributed by atoms with Gasteiger partial charge in [-0.05, 0) is 36.8 Å². The summed E-state index contributed by atoms with van der Waals surface area (Å²) in [5, 5.41) is 0. The number of methoxy groups -OCH3 is 1. The Morgan fingerprint density at radius 3 is 2.50 bits per heavy atom. The molecule has 8 heteroatoms. The van der Waals surface area contributed by atoms with Gasteiger partial charge < -0.3 is 9.47 Å². The lowest BCUT2D eigenvalue weighted by Crippen LogP contribution is -2.42. The maximum Gasteiger partial charge on any atom is 0.289 e. The van der Waals surface area contributed by atoms with Crippen molar-refractivity contribution < 1.29 is 19.1 Å². The Morgan fingerprint density at radius 1 is 1.00 bits per heavy atom. The quantitative estimate of drug-likeness (QED) is 0.637. The summed E-state index contributed by atoms with van der Waals surface area (Å²) in [4.78, 5) is 33.0. The van der Waals surface area contributed by atoms with Crippen molar-refractivity contribution in [3.05, 3.63) is 59.9 Å². The fourth-order valence-corrected chi connectivity index (χ4v) is 2.46. The summed E-state index contributed by atoms with van der Waals surface area (Å²) < 4.78 is 10.8. The van der Waals surface area contributed by atoms with E-state index in [1.54, 1.807) is 30.3 Å². The predicted molar refractivity (Wildman–Crippen MR) is 103 cm³/mol. The van der Waals surface area contributed by atoms with Crippen LogP contribution < -0.4 is 20.3 Å². The monoisotopic (exact) mass is 380 g/mol. The van der Waals surface area contributed by atoms with Crippen LogP contribution in [0.2, 0.25) is 0 Å². The standard InChI is InChI=1S/C20H20N4O4/c1-3-10-28-17-9-8-13(11-18(17)27-2)19(25)23-24-20(26)16-12-21-14-6-4-5-7-15(14)22-16/h4-9,11-12H,3,10H2,1-2H3,(H,23,25)(H,24,26). The Hall–Kier alpha value is -3.68. The number of amides is 2. The number of nitrogens with one attached hydrogen (secondary N) is 2. The summed E-state index contributed by atoms with van der Waals surface area (Å²) in [7, 11) is 1.50. The smallest absolute Gasteiger partial charge is 0.289 e. The molecule has 2 amide bonds. The van der Waals surface area contributed by atoms with Crippen molar-refractivity contribution in [3.63, 3.8) is 0 Å². The summed E-state index contributed by atoms with van der Waals surface area (Å²) in [6, 6.07) is 12.0. The fraction of sp³-hybridized carbons (Fsp3) is 0.200. The number of nitrogens with zero attached hydrogens (tertiary/aromatic N) is 2. The molecule has 28 heavy (non-hydrogen) atoms. The second-order valence-corrected chi connectivity index (χ2v) is 5.87. The maximum absolute atomic E-state index is 12.3. The van der Waals surface area contributed by atoms with Crippen molar-refractivity contribution in [2.45, 2.75) is 13.3 Å². The van der Waals surface area contributed by atoms with Gasteiger partial charge in [-0.1, -0.05) is 19.1 Å². The normalized spacial score (nSPS) is 10.4. The Morgan fingerprint density at radius 2 is 1.75 bits per heavy atom. The average molecular weight is 380 g/mol. The molecule has 0 aliphatic rings. The van der Waals surface area contributed by atoms with Crippen LogP contribution >= 0.6 is 0 Å². The van der Waals surface area contributed by atoms with Crippen LogP contribution in [-0.2, 0) is 0 Å². The number of carbonyl (C=O) groups excluding carboxylic acids is 2. The van der Waals surface area contributed by atoms with Crippen LogP contribution in [0.3, 0.4) is 0 Å². The number of fused-ring (bicyclic) bond motifs is 1. The number of para-hydroxylation sites is 2. The molecule has 0 atom stereocenters. The Balaban J connectivity index is 1.66. The van der Waals surface area contributed by atoms with Gasteiger partial charge in [0.05, 0.1) is 30.9 Å². The summed E-state index contributed by atoms with van der Waals surface area (Å²) >= 11 is 0. The molecule has 2 aromatic carbocycles. The minimum atomic E-state index is -0.568. The highest BCUT2D eigenvalue weighted by atomic mass is 16.5. The number of carbonyl (C=O) groups is 2. The molecule has 1 heterocycles. The average Bonchev–Trinajstić information content (AvgIpc) is 2.75. The number of hydrogen-bond donors (Lipinski definition) is 2. The first-order chi connectivity index (χ1) is 13.6. The molecule has 0 saturated carbocycles. The van der Waals surface area contributed by atoms with E-state index < -0.39 is 11.8 Å². The Bertz CT molecular complexity index is 1010. The zero-order chi connectivity index (χ0) is 19.9. The summed E-state index contributed by atoms with van der Waals surface area (Å²) in [6.45, 7) is 2.54. The van der Waals surface area contributed by atoms with Crippen molar-refractivity contribution in [1.29, 1.82) is 0 Å². The second-order valence-electron chi connectivity index (χ2n) is 5.87. The van der Waals surface area contributed by atoms with Crippen LogP contribution in [-0.4, -0.2) is 35.5 Å². The number of aromatic nitrogens is 2. The van der Waals surface area contributed by atoms with E-state index in [2.05, 4.69) is 20.8 Å². The number of hydrazine groups is 1. The molecule has 3 rings (SSSR count). The minimum absolute atomic E-state index is 0.0971. The molecule has 0 aliphatic carbocycles. The molecule has 144 valence electrons. The van der Waals surface area contributed by atoms with Crippen molar-refractivity contribution >= 4 is 22.8 Å². The van der Waals surface area contributed by atoms with Crippen molar-refractivity contribution in [2.75, 3.05) is 13.7 Å². The lowest BCUT2D eigenvalue weighted by Gasteiger charge is -2.12. The summed E-state index contributed by atoms with van der Waals surface area (Å²) in [5.74, 6) is -0.0758. The van der Waals surface area contributed by atoms with Gasteiger partial charge in [-0.15, -0.1) is 0 Å². The lowest BCUT2D eigenvalue weighted by molar-refractivity contribution is 0.0843. The van der Waals surface area contributed by atoms with Crippen LogP contribution in [0.5, 0.6) is 11.5 Å². The maximum atomic E-state index is 12.3. The largest absolute Gasteiger partial charge is 0.493 e. The van der Waals surface area contributed by atoms with Crippen LogP contribution in [0.4, 0.5) is 0 Å². The van der Waals surface area contributed by atoms with E-state index in [9.17, 15) is 9.59 Å². The molecule has 0 unspecified atom stereocenters. The highest BCUT2D eigenvalue weighted by molar-refractivity contribution is 5.99. The van der Waals surface area contributed by atoms with Crippen LogP contribution in [0.25, 0.3) is 11.0 Å². The van der Waals surface area contributed by atoms with Crippen LogP contribution in [0.15, 0.2) is 48.7 Å². The SMILES string of the molecule is CCCOc1ccc(C(=O)NNC(=O)c2cnc3ccccc3n2)cc1OC. The molecular formula is C20H20N4O4. The first kappa shape index (κ1) is 19.1. The molecule has 0 aliphatic heterocycles. The first-order valence-corrected chi connectivity index (χ1v) is 8.75. The minimum Gasteiger partial charge on any atom is -0.493 e. The van der Waals surface area contributed by atoms with Crippen LogP contribution in [0.1, 0.15) is 34.2 Å². The third-order valence-corrected chi connectivity index (χ3v) is 3.86. The third-order valence-electron chi connectivity index (χ3n) is 3.86. The molecule has 3 aromatic rings. The molecule has 0 radical (unpaired) electrons. The van der Waals surface area contributed by atoms with E-state index in [1.807, 2.05) is 19.1 Å². The Labute approximate surface area is 161 Å². The van der Waals surface area contributed by atoms with Crippen molar-refractivity contribution in [3.8, 4) is 11.5 Å². The number of benzene rings is 2. The first-order valence-electron chi connectivity index (χ1n) is 8.75. The van der Waals surface area contributed by atoms with E-state index in [-0.39, 0.29) is 5.69 Å². The molecule has 0 fully saturated rings. The topological polar surface area (TPSA) is 102 Å². The Kier molecular flexibility index (Phi) is 6.01. The second kappa shape index (κ2) is 8.81. The lowest BCUT2D eigenvalue weighted by atomic mass is 10.2. The van der Waals surface area contributed by atoms with Gasteiger partial charge in [0.1, 0.15) is 5.69 Å². The van der Waals surface area contributed by atoms with E-state index in [0.29, 0.717) is 34.7 Å². The van der Waals surface area contributed by atoms with E-state index in [0.717, 1.165) is 6.42 Å². The zero-order valence-electron chi connectivity index (χ0n) is 15.6. The molecule has 2 N–H and O–H groups in total. The van der Waals surface area contributed by atoms with Gasteiger partial charge in [0.2, 0.25) is 0 Å². The number of rotatable bonds is 6. The van der Waals surface area contributed by atoms with Gasteiger partial charge in [-0.25, -0.2) is 4.98 Å². The van der Waals surface area contributed by atoms with Gasteiger partial charge in [-0.3, -0.25) is 25.4 Å². The van der Waals surface area contributed by atoms with Crippen molar-refractivity contribution in [2.24, 2.45) is 0 Å². The van der Waals surface area contributed by atoms with E-state index in [1.165, 1.54) is 13.3 Å². The van der Waals surface area contributed by atoms with Gasteiger partial charge in [0.25, 0.3) is 11.8 Å². The van der Waals surface area contributed by atoms with E-state index in [4.69, 9.17) is 9.47 Å². The molecule has 0 spiro atoms.